The Morgan fingerprint density at radius 2 is 1.87 bits per heavy atom. The fraction of sp³-hybridized carbons (Fsp3) is 0.429. The molecule has 1 unspecified atom stereocenters. The quantitative estimate of drug-likeness (QED) is 0.375. The Morgan fingerprint density at radius 1 is 1.20 bits per heavy atom. The zero-order chi connectivity index (χ0) is 22.7. The number of carbonyl (C=O) groups excluding carboxylic acids is 2. The molecule has 30 heavy (non-hydrogen) atoms. The summed E-state index contributed by atoms with van der Waals surface area (Å²) >= 11 is 0. The Bertz CT molecular complexity index is 965. The minimum Gasteiger partial charge on any atom is -0.463 e. The van der Waals surface area contributed by atoms with Crippen molar-refractivity contribution < 1.29 is 14.3 Å². The molecule has 0 radical (unpaired) electrons. The molecule has 1 atom stereocenters. The van der Waals surface area contributed by atoms with E-state index < -0.39 is 11.2 Å². The molecule has 0 bridgehead atoms. The molecule has 0 fully saturated rings. The molecule has 164 valence electrons. The minimum atomic E-state index is -0.408. The molecule has 9 heteroatoms. The van der Waals surface area contributed by atoms with Crippen LogP contribution in [0.4, 0.5) is 5.82 Å². The summed E-state index contributed by atoms with van der Waals surface area (Å²) in [6.45, 7) is 5.80. The molecule has 1 amide bonds. The lowest BCUT2D eigenvalue weighted by atomic mass is 10.1. The average molecular weight is 418 g/mol. The molecule has 1 heterocycles. The second kappa shape index (κ2) is 12.3. The number of ether oxygens (including phenoxy) is 1. The Labute approximate surface area is 175 Å². The van der Waals surface area contributed by atoms with Crippen LogP contribution in [-0.4, -0.2) is 27.6 Å². The van der Waals surface area contributed by atoms with E-state index in [-0.39, 0.29) is 24.3 Å². The zero-order valence-electron chi connectivity index (χ0n) is 17.7. The number of amides is 1. The van der Waals surface area contributed by atoms with Gasteiger partial charge in [0.05, 0.1) is 12.6 Å². The number of carbonyl (C=O) groups is 2. The van der Waals surface area contributed by atoms with Gasteiger partial charge in [0.15, 0.2) is 0 Å². The molecular formula is C21H30N4O5. The van der Waals surface area contributed by atoms with Crippen LogP contribution < -0.4 is 22.7 Å². The summed E-state index contributed by atoms with van der Waals surface area (Å²) in [7, 11) is 0. The number of benzene rings is 1. The molecule has 4 N–H and O–H groups in total. The van der Waals surface area contributed by atoms with Crippen LogP contribution in [0.15, 0.2) is 39.9 Å². The number of unbranched alkanes of at least 4 members (excludes halogenated alkanes) is 1. The van der Waals surface area contributed by atoms with Crippen molar-refractivity contribution in [3.8, 4) is 0 Å². The normalized spacial score (nSPS) is 11.2. The monoisotopic (exact) mass is 418 g/mol. The topological polar surface area (TPSA) is 139 Å². The Morgan fingerprint density at radius 3 is 2.47 bits per heavy atom. The van der Waals surface area contributed by atoms with Crippen molar-refractivity contribution >= 4 is 18.2 Å². The van der Waals surface area contributed by atoms with E-state index in [0.29, 0.717) is 25.9 Å². The van der Waals surface area contributed by atoms with Crippen LogP contribution >= 0.6 is 0 Å². The van der Waals surface area contributed by atoms with Crippen molar-refractivity contribution in [3.05, 3.63) is 62.3 Å². The molecular weight excluding hydrogens is 388 g/mol. The molecule has 0 aliphatic rings. The summed E-state index contributed by atoms with van der Waals surface area (Å²) in [4.78, 5) is 44.4. The predicted molar refractivity (Wildman–Crippen MR) is 115 cm³/mol. The van der Waals surface area contributed by atoms with Crippen molar-refractivity contribution in [2.75, 3.05) is 5.73 Å². The molecule has 0 aliphatic carbocycles. The number of nitrogens with two attached hydrogens (primary N) is 2. The Balaban J connectivity index is 0.00000141. The number of primary amides is 1. The predicted octanol–water partition coefficient (Wildman–Crippen LogP) is 1.17. The number of hydrogen-bond donors (Lipinski definition) is 2. The Hall–Kier alpha value is -3.36. The highest BCUT2D eigenvalue weighted by atomic mass is 16.5. The molecule has 1 aromatic carbocycles. The van der Waals surface area contributed by atoms with Crippen molar-refractivity contribution in [1.29, 1.82) is 0 Å². The molecule has 0 aliphatic heterocycles. The third-order valence-electron chi connectivity index (χ3n) is 4.34. The molecule has 2 rings (SSSR count). The van der Waals surface area contributed by atoms with Crippen LogP contribution in [-0.2, 0) is 27.4 Å². The highest BCUT2D eigenvalue weighted by Crippen LogP contribution is 2.08. The average Bonchev–Trinajstić information content (AvgIpc) is 2.64. The third-order valence-corrected chi connectivity index (χ3v) is 4.34. The van der Waals surface area contributed by atoms with Gasteiger partial charge in [0, 0.05) is 19.5 Å². The SMILES string of the molecule is CC(=O)OC(C)CCCCn1c(=O)cc(N)n(Cc2cccc(C)c2)c1=O.NC=O. The van der Waals surface area contributed by atoms with Crippen LogP contribution in [0.5, 0.6) is 0 Å². The third kappa shape index (κ3) is 7.94. The number of esters is 1. The van der Waals surface area contributed by atoms with Crippen LogP contribution in [0.2, 0.25) is 0 Å². The van der Waals surface area contributed by atoms with E-state index in [1.54, 1.807) is 0 Å². The summed E-state index contributed by atoms with van der Waals surface area (Å²) in [6.07, 6.45) is 2.13. The number of anilines is 1. The first kappa shape index (κ1) is 24.7. The van der Waals surface area contributed by atoms with Crippen molar-refractivity contribution in [2.45, 2.75) is 59.2 Å². The van der Waals surface area contributed by atoms with E-state index in [2.05, 4.69) is 5.73 Å². The molecule has 1 aromatic heterocycles. The summed E-state index contributed by atoms with van der Waals surface area (Å²) in [5.74, 6) is -0.150. The maximum Gasteiger partial charge on any atom is 0.332 e. The van der Waals surface area contributed by atoms with Crippen LogP contribution in [0.1, 0.15) is 44.2 Å². The van der Waals surface area contributed by atoms with E-state index in [1.807, 2.05) is 38.1 Å². The van der Waals surface area contributed by atoms with Gasteiger partial charge in [-0.1, -0.05) is 29.8 Å². The maximum absolute atomic E-state index is 12.8. The largest absolute Gasteiger partial charge is 0.463 e. The summed E-state index contributed by atoms with van der Waals surface area (Å²) in [5.41, 5.74) is 11.3. The van der Waals surface area contributed by atoms with E-state index in [0.717, 1.165) is 17.5 Å². The number of aromatic nitrogens is 2. The molecule has 0 spiro atoms. The Kier molecular flexibility index (Phi) is 10.1. The molecule has 2 aromatic rings. The number of nitrogens with zero attached hydrogens (tertiary/aromatic N) is 2. The maximum atomic E-state index is 12.8. The van der Waals surface area contributed by atoms with E-state index in [4.69, 9.17) is 15.3 Å². The molecule has 0 saturated carbocycles. The smallest absolute Gasteiger partial charge is 0.332 e. The lowest BCUT2D eigenvalue weighted by Crippen LogP contribution is -2.40. The van der Waals surface area contributed by atoms with E-state index in [9.17, 15) is 14.4 Å². The van der Waals surface area contributed by atoms with Crippen LogP contribution in [0, 0.1) is 6.92 Å². The van der Waals surface area contributed by atoms with Crippen molar-refractivity contribution in [3.63, 3.8) is 0 Å². The van der Waals surface area contributed by atoms with Gasteiger partial charge in [-0.05, 0) is 38.7 Å². The zero-order valence-corrected chi connectivity index (χ0v) is 17.7. The van der Waals surface area contributed by atoms with Gasteiger partial charge >= 0.3 is 11.7 Å². The van der Waals surface area contributed by atoms with Crippen LogP contribution in [0.3, 0.4) is 0 Å². The van der Waals surface area contributed by atoms with Gasteiger partial charge in [0.2, 0.25) is 6.41 Å². The van der Waals surface area contributed by atoms with Gasteiger partial charge in [-0.25, -0.2) is 4.79 Å². The van der Waals surface area contributed by atoms with E-state index >= 15 is 0 Å². The molecule has 0 saturated heterocycles. The van der Waals surface area contributed by atoms with E-state index in [1.165, 1.54) is 22.1 Å². The van der Waals surface area contributed by atoms with Gasteiger partial charge in [0.1, 0.15) is 5.82 Å². The van der Waals surface area contributed by atoms with Gasteiger partial charge in [-0.15, -0.1) is 0 Å². The molecule has 9 nitrogen and oxygen atoms in total. The second-order valence-electron chi connectivity index (χ2n) is 6.97. The number of rotatable bonds is 8. The fourth-order valence-corrected chi connectivity index (χ4v) is 3.03. The van der Waals surface area contributed by atoms with Crippen molar-refractivity contribution in [1.82, 2.24) is 9.13 Å². The summed E-state index contributed by atoms with van der Waals surface area (Å²) in [6, 6.07) is 9.10. The lowest BCUT2D eigenvalue weighted by molar-refractivity contribution is -0.145. The first-order valence-electron chi connectivity index (χ1n) is 9.67. The minimum absolute atomic E-state index is 0.159. The number of hydrogen-bond acceptors (Lipinski definition) is 6. The second-order valence-corrected chi connectivity index (χ2v) is 6.97. The first-order valence-corrected chi connectivity index (χ1v) is 9.67. The highest BCUT2D eigenvalue weighted by Gasteiger charge is 2.11. The summed E-state index contributed by atoms with van der Waals surface area (Å²) < 4.78 is 7.70. The number of aryl methyl sites for hydroxylation is 1. The standard InChI is InChI=1S/C20H27N3O4.CH3NO/c1-14-7-6-9-17(11-14)13-23-18(21)12-19(25)22(20(23)26)10-5-4-8-15(2)27-16(3)24;2-1-3/h6-7,9,11-12,15H,4-5,8,10,13,21H2,1-3H3;1H,(H2,2,3). The highest BCUT2D eigenvalue weighted by molar-refractivity contribution is 5.66. The first-order chi connectivity index (χ1) is 14.2. The van der Waals surface area contributed by atoms with Gasteiger partial charge < -0.3 is 16.2 Å². The van der Waals surface area contributed by atoms with Gasteiger partial charge in [-0.2, -0.15) is 0 Å². The van der Waals surface area contributed by atoms with Crippen molar-refractivity contribution in [2.24, 2.45) is 5.73 Å². The number of nitrogen functional groups attached to an aromatic ring is 1. The summed E-state index contributed by atoms with van der Waals surface area (Å²) in [5, 5.41) is 0. The van der Waals surface area contributed by atoms with Gasteiger partial charge in [0.25, 0.3) is 5.56 Å². The van der Waals surface area contributed by atoms with Crippen LogP contribution in [0.25, 0.3) is 0 Å². The fourth-order valence-electron chi connectivity index (χ4n) is 3.03. The lowest BCUT2D eigenvalue weighted by Gasteiger charge is -2.14. The van der Waals surface area contributed by atoms with Gasteiger partial charge in [-0.3, -0.25) is 23.5 Å².